The van der Waals surface area contributed by atoms with Crippen LogP contribution < -0.4 is 0 Å². The van der Waals surface area contributed by atoms with E-state index in [2.05, 4.69) is 6.58 Å². The number of carbonyl (C=O) groups excluding carboxylic acids is 2. The highest BCUT2D eigenvalue weighted by Crippen LogP contribution is 2.43. The molecule has 7 atom stereocenters. The first kappa shape index (κ1) is 29.7. The van der Waals surface area contributed by atoms with E-state index in [4.69, 9.17) is 18.9 Å². The van der Waals surface area contributed by atoms with Crippen LogP contribution >= 0.6 is 0 Å². The molecule has 3 heterocycles. The maximum Gasteiger partial charge on any atom is 0.341 e. The van der Waals surface area contributed by atoms with Crippen LogP contribution in [0, 0.1) is 5.92 Å². The molecule has 0 radical (unpaired) electrons. The first-order valence-electron chi connectivity index (χ1n) is 14.3. The Hall–Kier alpha value is -4.38. The number of cyclic esters (lactones) is 1. The number of ether oxygens (including phenoxy) is 4. The summed E-state index contributed by atoms with van der Waals surface area (Å²) in [6, 6.07) is 27.4. The first-order chi connectivity index (χ1) is 21.4. The summed E-state index contributed by atoms with van der Waals surface area (Å²) in [6.45, 7) is 3.90. The molecular weight excluding hydrogens is 564 g/mol. The second-order valence-corrected chi connectivity index (χ2v) is 10.8. The van der Waals surface area contributed by atoms with Crippen molar-refractivity contribution in [3.05, 3.63) is 144 Å². The van der Waals surface area contributed by atoms with Crippen molar-refractivity contribution in [3.63, 3.8) is 0 Å². The number of esters is 1. The van der Waals surface area contributed by atoms with Crippen LogP contribution in [0.2, 0.25) is 0 Å². The van der Waals surface area contributed by atoms with Gasteiger partial charge in [0, 0.05) is 0 Å². The van der Waals surface area contributed by atoms with Crippen LogP contribution in [-0.2, 0) is 34.0 Å². The Kier molecular flexibility index (Phi) is 8.31. The fourth-order valence-electron chi connectivity index (χ4n) is 6.18. The van der Waals surface area contributed by atoms with Gasteiger partial charge in [-0.15, -0.1) is 6.58 Å². The van der Waals surface area contributed by atoms with Crippen molar-refractivity contribution >= 4 is 11.8 Å². The van der Waals surface area contributed by atoms with E-state index in [1.54, 1.807) is 6.08 Å². The van der Waals surface area contributed by atoms with Crippen molar-refractivity contribution in [2.75, 3.05) is 6.61 Å². The number of carbonyl (C=O) groups is 2. The van der Waals surface area contributed by atoms with Crippen LogP contribution in [-0.4, -0.2) is 70.7 Å². The number of Topliss-reactive ketones (excluding diaryl/α,β-unsaturated/α-hetero) is 1. The Balaban J connectivity index is 1.40. The molecule has 3 N–H and O–H groups in total. The molecule has 3 aromatic rings. The standard InChI is InChI=1S/C35H32O9/c1-2-24-25-18-19-41-32(40)26(25)20-42-33(24)44-34-29(38)27(36)28(37)30(43-34)31(39)35(21-12-6-3-7-13-21,22-14-8-4-9-15-22)23-16-10-5-11-17-23/h2-18,20,24,27-30,33-34,36-38H,1,19H2/t24-,27+,28+,29-,30+,33+,34+/m1/s1. The minimum absolute atomic E-state index is 0.0626. The SMILES string of the molecule is C=C[C@@H]1C2=CCOC(=O)C2=CO[C@H]1O[C@@H]1O[C@H](C(=O)C(c2ccccc2)(c2ccccc2)c2ccccc2)[C@@H](O)[C@H](O)[C@H]1O. The van der Waals surface area contributed by atoms with E-state index in [0.717, 1.165) is 0 Å². The predicted octanol–water partition coefficient (Wildman–Crippen LogP) is 2.94. The van der Waals surface area contributed by atoms with Crippen molar-refractivity contribution in [3.8, 4) is 0 Å². The normalized spacial score (nSPS) is 28.4. The molecule has 3 aromatic carbocycles. The number of hydrogen-bond donors (Lipinski definition) is 3. The van der Waals surface area contributed by atoms with Gasteiger partial charge in [0.05, 0.1) is 11.5 Å². The Morgan fingerprint density at radius 2 is 1.36 bits per heavy atom. The summed E-state index contributed by atoms with van der Waals surface area (Å²) in [6.07, 6.45) is -5.27. The van der Waals surface area contributed by atoms with Gasteiger partial charge in [0.25, 0.3) is 0 Å². The second-order valence-electron chi connectivity index (χ2n) is 10.8. The van der Waals surface area contributed by atoms with E-state index in [1.165, 1.54) is 12.3 Å². The third kappa shape index (κ3) is 4.98. The molecule has 9 heteroatoms. The van der Waals surface area contributed by atoms with Gasteiger partial charge < -0.3 is 34.3 Å². The van der Waals surface area contributed by atoms with Gasteiger partial charge in [-0.05, 0) is 28.3 Å². The summed E-state index contributed by atoms with van der Waals surface area (Å²) >= 11 is 0. The van der Waals surface area contributed by atoms with Crippen LogP contribution in [0.25, 0.3) is 0 Å². The number of rotatable bonds is 8. The van der Waals surface area contributed by atoms with Gasteiger partial charge in [-0.3, -0.25) is 4.79 Å². The van der Waals surface area contributed by atoms with Crippen molar-refractivity contribution in [2.24, 2.45) is 5.92 Å². The van der Waals surface area contributed by atoms with Gasteiger partial charge in [-0.1, -0.05) is 97.1 Å². The predicted molar refractivity (Wildman–Crippen MR) is 158 cm³/mol. The van der Waals surface area contributed by atoms with Crippen LogP contribution in [0.15, 0.2) is 127 Å². The first-order valence-corrected chi connectivity index (χ1v) is 14.3. The molecule has 6 rings (SSSR count). The van der Waals surface area contributed by atoms with E-state index in [9.17, 15) is 20.1 Å². The lowest BCUT2D eigenvalue weighted by Crippen LogP contribution is -2.63. The Morgan fingerprint density at radius 3 is 1.89 bits per heavy atom. The van der Waals surface area contributed by atoms with Gasteiger partial charge >= 0.3 is 5.97 Å². The van der Waals surface area contributed by atoms with E-state index in [-0.39, 0.29) is 12.2 Å². The molecule has 0 aromatic heterocycles. The average Bonchev–Trinajstić information content (AvgIpc) is 3.07. The molecule has 3 aliphatic heterocycles. The maximum absolute atomic E-state index is 15.0. The zero-order valence-corrected chi connectivity index (χ0v) is 23.6. The highest BCUT2D eigenvalue weighted by molar-refractivity contribution is 6.01. The molecule has 1 saturated heterocycles. The molecule has 3 aliphatic rings. The van der Waals surface area contributed by atoms with Crippen molar-refractivity contribution in [2.45, 2.75) is 42.4 Å². The largest absolute Gasteiger partial charge is 0.471 e. The van der Waals surface area contributed by atoms with Crippen molar-refractivity contribution in [1.82, 2.24) is 0 Å². The van der Waals surface area contributed by atoms with Gasteiger partial charge in [0.2, 0.25) is 6.29 Å². The molecule has 1 fully saturated rings. The molecule has 0 unspecified atom stereocenters. The summed E-state index contributed by atoms with van der Waals surface area (Å²) < 4.78 is 22.9. The van der Waals surface area contributed by atoms with E-state index in [0.29, 0.717) is 22.3 Å². The number of ketones is 1. The summed E-state index contributed by atoms with van der Waals surface area (Å²) in [4.78, 5) is 27.2. The lowest BCUT2D eigenvalue weighted by atomic mass is 9.64. The number of hydrogen-bond acceptors (Lipinski definition) is 9. The zero-order chi connectivity index (χ0) is 30.8. The zero-order valence-electron chi connectivity index (χ0n) is 23.6. The smallest absolute Gasteiger partial charge is 0.341 e. The molecule has 0 saturated carbocycles. The van der Waals surface area contributed by atoms with Gasteiger partial charge in [-0.2, -0.15) is 0 Å². The lowest BCUT2D eigenvalue weighted by molar-refractivity contribution is -0.327. The molecule has 0 bridgehead atoms. The van der Waals surface area contributed by atoms with Crippen molar-refractivity contribution < 1.29 is 43.9 Å². The average molecular weight is 597 g/mol. The summed E-state index contributed by atoms with van der Waals surface area (Å²) in [5.74, 6) is -1.78. The van der Waals surface area contributed by atoms with E-state index in [1.807, 2.05) is 91.0 Å². The lowest BCUT2D eigenvalue weighted by Gasteiger charge is -2.45. The highest BCUT2D eigenvalue weighted by atomic mass is 16.8. The quantitative estimate of drug-likeness (QED) is 0.204. The fraction of sp³-hybridized carbons (Fsp3) is 0.257. The summed E-state index contributed by atoms with van der Waals surface area (Å²) in [5.41, 5.74) is 1.17. The van der Waals surface area contributed by atoms with Gasteiger partial charge in [0.15, 0.2) is 12.1 Å². The minimum Gasteiger partial charge on any atom is -0.471 e. The van der Waals surface area contributed by atoms with Crippen LogP contribution in [0.5, 0.6) is 0 Å². The number of fused-ring (bicyclic) bond motifs is 1. The molecule has 44 heavy (non-hydrogen) atoms. The molecule has 0 spiro atoms. The number of aliphatic hydroxyl groups excluding tert-OH is 3. The maximum atomic E-state index is 15.0. The third-order valence-electron chi connectivity index (χ3n) is 8.36. The Bertz CT molecular complexity index is 1470. The molecule has 9 nitrogen and oxygen atoms in total. The van der Waals surface area contributed by atoms with Gasteiger partial charge in [-0.25, -0.2) is 4.79 Å². The van der Waals surface area contributed by atoms with Crippen LogP contribution in [0.4, 0.5) is 0 Å². The molecule has 0 aliphatic carbocycles. The Labute approximate surface area is 254 Å². The number of benzene rings is 3. The monoisotopic (exact) mass is 596 g/mol. The summed E-state index contributed by atoms with van der Waals surface area (Å²) in [5, 5.41) is 33.3. The molecule has 0 amide bonds. The van der Waals surface area contributed by atoms with Crippen LogP contribution in [0.1, 0.15) is 16.7 Å². The second kappa shape index (κ2) is 12.3. The highest BCUT2D eigenvalue weighted by Gasteiger charge is 2.55. The summed E-state index contributed by atoms with van der Waals surface area (Å²) in [7, 11) is 0. The molecule has 226 valence electrons. The van der Waals surface area contributed by atoms with E-state index < -0.39 is 60.1 Å². The third-order valence-corrected chi connectivity index (χ3v) is 8.36. The Morgan fingerprint density at radius 1 is 0.818 bits per heavy atom. The fourth-order valence-corrected chi connectivity index (χ4v) is 6.18. The number of aliphatic hydroxyl groups is 3. The van der Waals surface area contributed by atoms with E-state index >= 15 is 4.79 Å². The molecular formula is C35H32O9. The van der Waals surface area contributed by atoms with Gasteiger partial charge in [0.1, 0.15) is 42.7 Å². The van der Waals surface area contributed by atoms with Crippen LogP contribution in [0.3, 0.4) is 0 Å². The topological polar surface area (TPSA) is 132 Å². The van der Waals surface area contributed by atoms with Crippen molar-refractivity contribution in [1.29, 1.82) is 0 Å². The minimum atomic E-state index is -1.80.